The molecule has 2 saturated carbocycles. The molecule has 134 valence electrons. The van der Waals surface area contributed by atoms with Crippen molar-refractivity contribution < 1.29 is 0 Å². The van der Waals surface area contributed by atoms with E-state index in [4.69, 9.17) is 0 Å². The molecule has 24 heavy (non-hydrogen) atoms. The molecule has 0 unspecified atom stereocenters. The van der Waals surface area contributed by atoms with Crippen molar-refractivity contribution >= 4 is 0 Å². The van der Waals surface area contributed by atoms with Crippen LogP contribution in [0.25, 0.3) is 0 Å². The third kappa shape index (κ3) is 3.28. The Morgan fingerprint density at radius 2 is 1.42 bits per heavy atom. The Labute approximate surface area is 149 Å². The van der Waals surface area contributed by atoms with Crippen molar-refractivity contribution in [1.29, 1.82) is 0 Å². The van der Waals surface area contributed by atoms with Crippen LogP contribution in [0.3, 0.4) is 0 Å². The van der Waals surface area contributed by atoms with E-state index in [1.165, 1.54) is 63.4 Å². The first-order chi connectivity index (χ1) is 11.5. The van der Waals surface area contributed by atoms with E-state index in [1.54, 1.807) is 0 Å². The number of benzene rings is 1. The lowest BCUT2D eigenvalue weighted by molar-refractivity contribution is -0.00161. The Morgan fingerprint density at radius 1 is 0.833 bits per heavy atom. The molecule has 1 aromatic carbocycles. The zero-order valence-corrected chi connectivity index (χ0v) is 16.2. The molecular weight excluding hydrogens is 292 g/mol. The van der Waals surface area contributed by atoms with Crippen molar-refractivity contribution in [2.45, 2.75) is 68.9 Å². The van der Waals surface area contributed by atoms with E-state index in [0.29, 0.717) is 5.54 Å². The van der Waals surface area contributed by atoms with Crippen molar-refractivity contribution in [3.8, 4) is 0 Å². The fourth-order valence-electron chi connectivity index (χ4n) is 5.46. The Hall–Kier alpha value is -0.860. The third-order valence-corrected chi connectivity index (χ3v) is 7.27. The molecule has 0 spiro atoms. The topological polar surface area (TPSA) is 6.48 Å². The Balaban J connectivity index is 1.80. The normalized spacial score (nSPS) is 31.9. The number of hydrogen-bond donors (Lipinski definition) is 0. The summed E-state index contributed by atoms with van der Waals surface area (Å²) in [5, 5.41) is 0. The minimum atomic E-state index is 0.219. The summed E-state index contributed by atoms with van der Waals surface area (Å²) in [4.78, 5) is 5.05. The molecule has 3 rings (SSSR count). The summed E-state index contributed by atoms with van der Waals surface area (Å²) in [5.41, 5.74) is 2.14. The summed E-state index contributed by atoms with van der Waals surface area (Å²) in [5.74, 6) is 0.969. The zero-order valence-electron chi connectivity index (χ0n) is 16.2. The Morgan fingerprint density at radius 3 is 1.92 bits per heavy atom. The van der Waals surface area contributed by atoms with E-state index in [9.17, 15) is 0 Å². The zero-order chi connectivity index (χ0) is 17.2. The van der Waals surface area contributed by atoms with Crippen LogP contribution in [0.2, 0.25) is 0 Å². The molecule has 0 heterocycles. The van der Waals surface area contributed by atoms with Gasteiger partial charge in [0.2, 0.25) is 0 Å². The molecule has 2 aliphatic carbocycles. The number of hydrogen-bond acceptors (Lipinski definition) is 2. The molecule has 2 aliphatic rings. The van der Waals surface area contributed by atoms with Gasteiger partial charge in [-0.15, -0.1) is 0 Å². The van der Waals surface area contributed by atoms with E-state index in [-0.39, 0.29) is 5.54 Å². The molecule has 0 bridgehead atoms. The van der Waals surface area contributed by atoms with Crippen molar-refractivity contribution in [2.75, 3.05) is 28.2 Å². The molecule has 0 aliphatic heterocycles. The van der Waals surface area contributed by atoms with Crippen molar-refractivity contribution in [1.82, 2.24) is 9.80 Å². The highest BCUT2D eigenvalue weighted by atomic mass is 15.2. The van der Waals surface area contributed by atoms with Crippen LogP contribution in [-0.2, 0) is 5.54 Å². The lowest BCUT2D eigenvalue weighted by Crippen LogP contribution is -2.54. The van der Waals surface area contributed by atoms with Crippen LogP contribution in [0.5, 0.6) is 0 Å². The van der Waals surface area contributed by atoms with Gasteiger partial charge in [0.05, 0.1) is 0 Å². The van der Waals surface area contributed by atoms with E-state index < -0.39 is 0 Å². The van der Waals surface area contributed by atoms with Crippen LogP contribution < -0.4 is 0 Å². The van der Waals surface area contributed by atoms with Gasteiger partial charge in [0.15, 0.2) is 0 Å². The molecule has 2 nitrogen and oxygen atoms in total. The van der Waals surface area contributed by atoms with Crippen molar-refractivity contribution in [3.05, 3.63) is 35.9 Å². The SMILES string of the molecule is CN(C)C1(CC2CCCC2)CCC(c2ccccc2)(N(C)C)CC1. The van der Waals surface area contributed by atoms with Gasteiger partial charge in [0, 0.05) is 11.1 Å². The smallest absolute Gasteiger partial charge is 0.0456 e. The Bertz CT molecular complexity index is 506. The highest BCUT2D eigenvalue weighted by Gasteiger charge is 2.46. The Kier molecular flexibility index (Phi) is 5.36. The largest absolute Gasteiger partial charge is 0.304 e. The summed E-state index contributed by atoms with van der Waals surface area (Å²) in [7, 11) is 9.18. The molecule has 0 atom stereocenters. The monoisotopic (exact) mass is 328 g/mol. The highest BCUT2D eigenvalue weighted by Crippen LogP contribution is 2.49. The second kappa shape index (κ2) is 7.17. The second-order valence-electron chi connectivity index (χ2n) is 8.77. The van der Waals surface area contributed by atoms with E-state index in [0.717, 1.165) is 5.92 Å². The first-order valence-corrected chi connectivity index (χ1v) is 9.89. The van der Waals surface area contributed by atoms with Crippen LogP contribution in [0, 0.1) is 5.92 Å². The quantitative estimate of drug-likeness (QED) is 0.758. The summed E-state index contributed by atoms with van der Waals surface area (Å²) >= 11 is 0. The minimum absolute atomic E-state index is 0.219. The summed E-state index contributed by atoms with van der Waals surface area (Å²) in [6.45, 7) is 0. The maximum atomic E-state index is 2.57. The molecule has 0 amide bonds. The van der Waals surface area contributed by atoms with Gasteiger partial charge < -0.3 is 4.90 Å². The average molecular weight is 329 g/mol. The van der Waals surface area contributed by atoms with E-state index in [2.05, 4.69) is 68.3 Å². The molecule has 2 fully saturated rings. The van der Waals surface area contributed by atoms with Gasteiger partial charge in [-0.05, 0) is 71.8 Å². The van der Waals surface area contributed by atoms with Gasteiger partial charge in [-0.25, -0.2) is 0 Å². The maximum absolute atomic E-state index is 2.57. The fraction of sp³-hybridized carbons (Fsp3) is 0.727. The third-order valence-electron chi connectivity index (χ3n) is 7.27. The standard InChI is InChI=1S/C22H36N2/c1-23(2)21(18-19-10-8-9-11-19)14-16-22(17-15-21,24(3)4)20-12-6-5-7-13-20/h5-7,12-13,19H,8-11,14-18H2,1-4H3. The lowest BCUT2D eigenvalue weighted by Gasteiger charge is -2.53. The summed E-state index contributed by atoms with van der Waals surface area (Å²) in [6.07, 6.45) is 12.5. The predicted molar refractivity (Wildman–Crippen MR) is 103 cm³/mol. The van der Waals surface area contributed by atoms with Crippen LogP contribution in [-0.4, -0.2) is 43.5 Å². The molecule has 2 heteroatoms. The first kappa shape index (κ1) is 17.9. The van der Waals surface area contributed by atoms with Crippen LogP contribution in [0.4, 0.5) is 0 Å². The summed E-state index contributed by atoms with van der Waals surface area (Å²) < 4.78 is 0. The van der Waals surface area contributed by atoms with E-state index in [1.807, 2.05) is 0 Å². The summed E-state index contributed by atoms with van der Waals surface area (Å²) in [6, 6.07) is 11.2. The van der Waals surface area contributed by atoms with Gasteiger partial charge in [-0.1, -0.05) is 56.0 Å². The van der Waals surface area contributed by atoms with Crippen molar-refractivity contribution in [2.24, 2.45) is 5.92 Å². The van der Waals surface area contributed by atoms with Gasteiger partial charge in [0.25, 0.3) is 0 Å². The van der Waals surface area contributed by atoms with Gasteiger partial charge >= 0.3 is 0 Å². The first-order valence-electron chi connectivity index (χ1n) is 9.89. The fourth-order valence-corrected chi connectivity index (χ4v) is 5.46. The van der Waals surface area contributed by atoms with Gasteiger partial charge in [0.1, 0.15) is 0 Å². The maximum Gasteiger partial charge on any atom is 0.0456 e. The average Bonchev–Trinajstić information content (AvgIpc) is 3.09. The highest BCUT2D eigenvalue weighted by molar-refractivity contribution is 5.26. The number of rotatable bonds is 5. The minimum Gasteiger partial charge on any atom is -0.304 e. The second-order valence-corrected chi connectivity index (χ2v) is 8.77. The molecule has 0 aromatic heterocycles. The molecule has 0 radical (unpaired) electrons. The molecule has 0 saturated heterocycles. The van der Waals surface area contributed by atoms with Crippen LogP contribution in [0.15, 0.2) is 30.3 Å². The predicted octanol–water partition coefficient (Wildman–Crippen LogP) is 4.90. The molecular formula is C22H36N2. The van der Waals surface area contributed by atoms with Crippen LogP contribution >= 0.6 is 0 Å². The molecule has 1 aromatic rings. The van der Waals surface area contributed by atoms with E-state index >= 15 is 0 Å². The van der Waals surface area contributed by atoms with Crippen molar-refractivity contribution in [3.63, 3.8) is 0 Å². The van der Waals surface area contributed by atoms with Gasteiger partial charge in [-0.3, -0.25) is 4.90 Å². The van der Waals surface area contributed by atoms with Gasteiger partial charge in [-0.2, -0.15) is 0 Å². The number of nitrogens with zero attached hydrogens (tertiary/aromatic N) is 2. The molecule has 0 N–H and O–H groups in total. The van der Waals surface area contributed by atoms with Crippen LogP contribution in [0.1, 0.15) is 63.4 Å². The lowest BCUT2D eigenvalue weighted by atomic mass is 9.65.